The second-order valence-corrected chi connectivity index (χ2v) is 10.5. The van der Waals surface area contributed by atoms with Gasteiger partial charge in [0.25, 0.3) is 5.91 Å². The highest BCUT2D eigenvalue weighted by molar-refractivity contribution is 6.12. The van der Waals surface area contributed by atoms with E-state index >= 15 is 0 Å². The van der Waals surface area contributed by atoms with Crippen LogP contribution in [0, 0.1) is 0 Å². The number of hydrazone groups is 1. The summed E-state index contributed by atoms with van der Waals surface area (Å²) >= 11 is 0. The third kappa shape index (κ3) is 4.80. The zero-order valence-electron chi connectivity index (χ0n) is 21.2. The lowest BCUT2D eigenvalue weighted by Gasteiger charge is -2.39. The number of carbonyl (C=O) groups is 2. The van der Waals surface area contributed by atoms with Gasteiger partial charge in [0.15, 0.2) is 0 Å². The van der Waals surface area contributed by atoms with E-state index in [-0.39, 0.29) is 24.1 Å². The fourth-order valence-electron chi connectivity index (χ4n) is 4.99. The van der Waals surface area contributed by atoms with Crippen LogP contribution in [0.2, 0.25) is 0 Å². The Kier molecular flexibility index (Phi) is 6.20. The highest BCUT2D eigenvalue weighted by Gasteiger charge is 2.35. The summed E-state index contributed by atoms with van der Waals surface area (Å²) in [6, 6.07) is 16.2. The van der Waals surface area contributed by atoms with Crippen LogP contribution in [0.4, 0.5) is 16.2 Å². The lowest BCUT2D eigenvalue weighted by atomic mass is 9.90. The molecule has 0 aromatic heterocycles. The number of nitrogens with zero attached hydrogens (tertiary/aromatic N) is 3. The van der Waals surface area contributed by atoms with Crippen molar-refractivity contribution in [2.45, 2.75) is 58.2 Å². The van der Waals surface area contributed by atoms with Gasteiger partial charge in [0.1, 0.15) is 17.5 Å². The predicted molar refractivity (Wildman–Crippen MR) is 142 cm³/mol. The van der Waals surface area contributed by atoms with Crippen molar-refractivity contribution < 1.29 is 14.3 Å². The summed E-state index contributed by atoms with van der Waals surface area (Å²) in [5, 5.41) is 7.65. The van der Waals surface area contributed by atoms with Crippen molar-refractivity contribution in [1.82, 2.24) is 10.3 Å². The van der Waals surface area contributed by atoms with Crippen molar-refractivity contribution in [3.05, 3.63) is 65.7 Å². The maximum atomic E-state index is 13.1. The van der Waals surface area contributed by atoms with E-state index < -0.39 is 5.60 Å². The molecule has 36 heavy (non-hydrogen) atoms. The average Bonchev–Trinajstić information content (AvgIpc) is 2.85. The molecule has 3 heterocycles. The van der Waals surface area contributed by atoms with E-state index in [1.165, 1.54) is 11.1 Å². The van der Waals surface area contributed by atoms with Gasteiger partial charge in [-0.2, -0.15) is 5.10 Å². The minimum absolute atomic E-state index is 0.0341. The Labute approximate surface area is 212 Å². The second-order valence-electron chi connectivity index (χ2n) is 10.5. The number of fused-ring (bicyclic) bond motifs is 3. The topological polar surface area (TPSA) is 86.3 Å². The summed E-state index contributed by atoms with van der Waals surface area (Å²) in [5.74, 6) is 0.673. The highest BCUT2D eigenvalue weighted by Crippen LogP contribution is 2.37. The number of amides is 2. The zero-order chi connectivity index (χ0) is 25.4. The number of benzene rings is 2. The molecule has 2 aromatic carbocycles. The van der Waals surface area contributed by atoms with E-state index in [2.05, 4.69) is 52.3 Å². The molecular formula is C28H33N5O3. The van der Waals surface area contributed by atoms with Crippen LogP contribution in [0.3, 0.4) is 0 Å². The Morgan fingerprint density at radius 1 is 1.17 bits per heavy atom. The summed E-state index contributed by atoms with van der Waals surface area (Å²) < 4.78 is 5.73. The Bertz CT molecular complexity index is 1230. The van der Waals surface area contributed by atoms with Crippen LogP contribution in [0.5, 0.6) is 0 Å². The first-order chi connectivity index (χ1) is 17.2. The first-order valence-electron chi connectivity index (χ1n) is 12.5. The molecule has 2 unspecified atom stereocenters. The molecule has 3 aliphatic heterocycles. The Hall–Kier alpha value is -3.81. The summed E-state index contributed by atoms with van der Waals surface area (Å²) in [7, 11) is 0. The van der Waals surface area contributed by atoms with E-state index in [1.807, 2.05) is 55.7 Å². The van der Waals surface area contributed by atoms with Crippen molar-refractivity contribution in [2.24, 2.45) is 5.10 Å². The molecule has 2 atom stereocenters. The molecule has 0 bridgehead atoms. The molecule has 0 spiro atoms. The van der Waals surface area contributed by atoms with Crippen LogP contribution < -0.4 is 15.6 Å². The number of ether oxygens (including phenoxy) is 1. The second kappa shape index (κ2) is 9.33. The van der Waals surface area contributed by atoms with E-state index in [9.17, 15) is 9.59 Å². The standard InChI is InChI=1S/C28H33N5O3/c1-18-26(34)31-30-25-17-29-23-11-10-20(16-24(23)33(18)25)21-12-13-32(27(35)36-28(2,3)4)22(15-21)14-19-8-6-5-7-9-19/h5-12,16,18,22,29H,13-15,17H2,1-4H3,(H,31,34). The van der Waals surface area contributed by atoms with Gasteiger partial charge in [0.2, 0.25) is 0 Å². The Balaban J connectivity index is 1.45. The van der Waals surface area contributed by atoms with E-state index in [0.717, 1.165) is 29.2 Å². The molecule has 2 N–H and O–H groups in total. The van der Waals surface area contributed by atoms with Gasteiger partial charge in [0, 0.05) is 12.6 Å². The Morgan fingerprint density at radius 2 is 1.94 bits per heavy atom. The summed E-state index contributed by atoms with van der Waals surface area (Å²) in [6.45, 7) is 8.60. The molecule has 3 aliphatic rings. The van der Waals surface area contributed by atoms with E-state index in [0.29, 0.717) is 19.5 Å². The van der Waals surface area contributed by atoms with Crippen LogP contribution in [-0.2, 0) is 16.0 Å². The zero-order valence-corrected chi connectivity index (χ0v) is 21.2. The molecule has 8 nitrogen and oxygen atoms in total. The van der Waals surface area contributed by atoms with E-state index in [4.69, 9.17) is 4.74 Å². The van der Waals surface area contributed by atoms with Crippen molar-refractivity contribution in [1.29, 1.82) is 0 Å². The lowest BCUT2D eigenvalue weighted by molar-refractivity contribution is -0.122. The SMILES string of the molecule is CC1C(=O)NN=C2CNc3ccc(C4=CCN(C(=O)OC(C)(C)C)C(Cc5ccccc5)C4)cc3N21. The number of amidine groups is 1. The van der Waals surface area contributed by atoms with Crippen LogP contribution in [-0.4, -0.2) is 53.5 Å². The predicted octanol–water partition coefficient (Wildman–Crippen LogP) is 4.39. The van der Waals surface area contributed by atoms with E-state index in [1.54, 1.807) is 0 Å². The summed E-state index contributed by atoms with van der Waals surface area (Å²) in [6.07, 6.45) is 3.27. The monoisotopic (exact) mass is 487 g/mol. The molecule has 0 fully saturated rings. The van der Waals surface area contributed by atoms with Gasteiger partial charge < -0.3 is 19.9 Å². The molecule has 0 saturated heterocycles. The van der Waals surface area contributed by atoms with Gasteiger partial charge in [-0.15, -0.1) is 0 Å². The number of nitrogens with one attached hydrogen (secondary N) is 2. The number of anilines is 2. The molecule has 188 valence electrons. The van der Waals surface area contributed by atoms with Crippen LogP contribution in [0.1, 0.15) is 45.2 Å². The lowest BCUT2D eigenvalue weighted by Crippen LogP contribution is -2.55. The molecule has 0 radical (unpaired) electrons. The summed E-state index contributed by atoms with van der Waals surface area (Å²) in [4.78, 5) is 29.2. The minimum Gasteiger partial charge on any atom is -0.444 e. The third-order valence-corrected chi connectivity index (χ3v) is 6.78. The Morgan fingerprint density at radius 3 is 2.69 bits per heavy atom. The summed E-state index contributed by atoms with van der Waals surface area (Å²) in [5.41, 5.74) is 7.41. The van der Waals surface area contributed by atoms with Crippen molar-refractivity contribution in [2.75, 3.05) is 23.3 Å². The fourth-order valence-corrected chi connectivity index (χ4v) is 4.99. The van der Waals surface area contributed by atoms with Gasteiger partial charge in [-0.05, 0) is 69.4 Å². The normalized spacial score (nSPS) is 21.4. The number of carbonyl (C=O) groups excluding carboxylic acids is 2. The highest BCUT2D eigenvalue weighted by atomic mass is 16.6. The van der Waals surface area contributed by atoms with Crippen molar-refractivity contribution in [3.8, 4) is 0 Å². The molecule has 2 aromatic rings. The quantitative estimate of drug-likeness (QED) is 0.671. The average molecular weight is 488 g/mol. The largest absolute Gasteiger partial charge is 0.444 e. The minimum atomic E-state index is -0.555. The molecule has 0 aliphatic carbocycles. The molecule has 8 heteroatoms. The molecule has 2 amide bonds. The van der Waals surface area contributed by atoms with Crippen molar-refractivity contribution >= 4 is 34.8 Å². The van der Waals surface area contributed by atoms with Gasteiger partial charge >= 0.3 is 6.09 Å². The maximum Gasteiger partial charge on any atom is 0.410 e. The smallest absolute Gasteiger partial charge is 0.410 e. The first-order valence-corrected chi connectivity index (χ1v) is 12.5. The molecule has 0 saturated carbocycles. The number of hydrogen-bond donors (Lipinski definition) is 2. The van der Waals surface area contributed by atoms with Gasteiger partial charge in [-0.25, -0.2) is 10.2 Å². The number of rotatable bonds is 3. The molecule has 5 rings (SSSR count). The van der Waals surface area contributed by atoms with Crippen LogP contribution in [0.25, 0.3) is 5.57 Å². The maximum absolute atomic E-state index is 13.1. The van der Waals surface area contributed by atoms with Gasteiger partial charge in [-0.3, -0.25) is 4.79 Å². The first kappa shape index (κ1) is 23.9. The molecular weight excluding hydrogens is 454 g/mol. The fraction of sp³-hybridized carbons (Fsp3) is 0.393. The van der Waals surface area contributed by atoms with Crippen molar-refractivity contribution in [3.63, 3.8) is 0 Å². The van der Waals surface area contributed by atoms with Gasteiger partial charge in [-0.1, -0.05) is 42.5 Å². The van der Waals surface area contributed by atoms with Crippen LogP contribution in [0.15, 0.2) is 59.7 Å². The third-order valence-electron chi connectivity index (χ3n) is 6.78. The van der Waals surface area contributed by atoms with Gasteiger partial charge in [0.05, 0.1) is 17.9 Å². The number of hydrogen-bond acceptors (Lipinski definition) is 6. The van der Waals surface area contributed by atoms with Crippen LogP contribution >= 0.6 is 0 Å².